The van der Waals surface area contributed by atoms with Gasteiger partial charge in [0.1, 0.15) is 0 Å². The summed E-state index contributed by atoms with van der Waals surface area (Å²) in [5.41, 5.74) is -0.288. The predicted octanol–water partition coefficient (Wildman–Crippen LogP) is 2.15. The smallest absolute Gasteiger partial charge is 0.308 e. The van der Waals surface area contributed by atoms with Crippen molar-refractivity contribution in [3.05, 3.63) is 0 Å². The van der Waals surface area contributed by atoms with Crippen LogP contribution in [0.4, 0.5) is 0 Å². The summed E-state index contributed by atoms with van der Waals surface area (Å²) in [6, 6.07) is 0. The van der Waals surface area contributed by atoms with Crippen molar-refractivity contribution in [3.63, 3.8) is 0 Å². The molecule has 0 amide bonds. The Morgan fingerprint density at radius 3 is 2.32 bits per heavy atom. The maximum Gasteiger partial charge on any atom is 0.308 e. The minimum atomic E-state index is -0.288. The lowest BCUT2D eigenvalue weighted by Gasteiger charge is -2.27. The number of carbonyl (C=O) groups excluding carboxylic acids is 3. The van der Waals surface area contributed by atoms with Gasteiger partial charge in [0.2, 0.25) is 11.6 Å². The van der Waals surface area contributed by atoms with Gasteiger partial charge in [-0.2, -0.15) is 0 Å². The van der Waals surface area contributed by atoms with E-state index in [9.17, 15) is 14.4 Å². The first kappa shape index (κ1) is 14.2. The molecule has 3 atom stereocenters. The molecule has 19 heavy (non-hydrogen) atoms. The van der Waals surface area contributed by atoms with E-state index in [-0.39, 0.29) is 40.7 Å². The van der Waals surface area contributed by atoms with E-state index in [4.69, 9.17) is 4.74 Å². The Bertz CT molecular complexity index is 390. The van der Waals surface area contributed by atoms with Crippen molar-refractivity contribution in [3.8, 4) is 0 Å². The molecular weight excluding hydrogens is 244 g/mol. The molecule has 2 aliphatic carbocycles. The topological polar surface area (TPSA) is 60.4 Å². The molecule has 0 heterocycles. The van der Waals surface area contributed by atoms with Crippen LogP contribution in [0.5, 0.6) is 0 Å². The third kappa shape index (κ3) is 2.21. The Kier molecular flexibility index (Phi) is 3.79. The van der Waals surface area contributed by atoms with Crippen molar-refractivity contribution >= 4 is 17.5 Å². The largest absolute Gasteiger partial charge is 0.465 e. The van der Waals surface area contributed by atoms with Gasteiger partial charge in [-0.25, -0.2) is 0 Å². The average molecular weight is 266 g/mol. The van der Waals surface area contributed by atoms with Gasteiger partial charge in [-0.3, -0.25) is 14.4 Å². The van der Waals surface area contributed by atoms with Crippen molar-refractivity contribution in [2.24, 2.45) is 23.2 Å². The summed E-state index contributed by atoms with van der Waals surface area (Å²) in [7, 11) is 0. The van der Waals surface area contributed by atoms with E-state index >= 15 is 0 Å². The highest BCUT2D eigenvalue weighted by molar-refractivity contribution is 6.41. The highest BCUT2D eigenvalue weighted by Gasteiger charge is 2.60. The van der Waals surface area contributed by atoms with Crippen molar-refractivity contribution < 1.29 is 19.1 Å². The summed E-state index contributed by atoms with van der Waals surface area (Å²) in [5.74, 6) is -0.968. The van der Waals surface area contributed by atoms with Gasteiger partial charge in [0.15, 0.2) is 0 Å². The van der Waals surface area contributed by atoms with Crippen LogP contribution in [0, 0.1) is 23.2 Å². The summed E-state index contributed by atoms with van der Waals surface area (Å²) in [6.07, 6.45) is 3.00. The second-order valence-corrected chi connectivity index (χ2v) is 6.14. The number of Topliss-reactive ketones (excluding diaryl/α,β-unsaturated/α-hetero) is 2. The summed E-state index contributed by atoms with van der Waals surface area (Å²) in [5, 5.41) is 0. The molecule has 2 aliphatic rings. The third-order valence-electron chi connectivity index (χ3n) is 5.11. The number of fused-ring (bicyclic) bond motifs is 2. The lowest BCUT2D eigenvalue weighted by molar-refractivity contribution is -0.148. The van der Waals surface area contributed by atoms with Gasteiger partial charge in [-0.15, -0.1) is 0 Å². The molecule has 0 aromatic heterocycles. The van der Waals surface area contributed by atoms with Gasteiger partial charge in [-0.05, 0) is 31.1 Å². The number of ketones is 2. The van der Waals surface area contributed by atoms with Crippen LogP contribution >= 0.6 is 0 Å². The molecule has 0 spiro atoms. The quantitative estimate of drug-likeness (QED) is 0.565. The summed E-state index contributed by atoms with van der Waals surface area (Å²) < 4.78 is 5.26. The zero-order valence-electron chi connectivity index (χ0n) is 11.9. The Labute approximate surface area is 113 Å². The standard InChI is InChI=1S/C15H22O4/c1-4-9(2)14(18)19-8-7-15(3)10-5-6-11(15)13(17)12(10)16/h9-11H,4-8H2,1-3H3. The minimum absolute atomic E-state index is 0.0867. The fourth-order valence-electron chi connectivity index (χ4n) is 3.47. The summed E-state index contributed by atoms with van der Waals surface area (Å²) >= 11 is 0. The van der Waals surface area contributed by atoms with Crippen molar-refractivity contribution in [1.82, 2.24) is 0 Å². The first-order valence-corrected chi connectivity index (χ1v) is 7.16. The molecule has 3 unspecified atom stereocenters. The molecule has 0 N–H and O–H groups in total. The number of rotatable bonds is 5. The van der Waals surface area contributed by atoms with Crippen LogP contribution in [0.1, 0.15) is 46.5 Å². The van der Waals surface area contributed by atoms with E-state index in [2.05, 4.69) is 0 Å². The van der Waals surface area contributed by atoms with Crippen molar-refractivity contribution in [2.75, 3.05) is 6.61 Å². The van der Waals surface area contributed by atoms with E-state index in [0.29, 0.717) is 13.0 Å². The molecule has 0 radical (unpaired) electrons. The van der Waals surface area contributed by atoms with Gasteiger partial charge in [-0.1, -0.05) is 20.8 Å². The first-order valence-electron chi connectivity index (χ1n) is 7.16. The van der Waals surface area contributed by atoms with E-state index < -0.39 is 0 Å². The molecule has 2 fully saturated rings. The van der Waals surface area contributed by atoms with Crippen molar-refractivity contribution in [2.45, 2.75) is 46.5 Å². The molecule has 4 heteroatoms. The maximum absolute atomic E-state index is 11.8. The molecule has 0 saturated heterocycles. The molecule has 106 valence electrons. The zero-order chi connectivity index (χ0) is 14.2. The lowest BCUT2D eigenvalue weighted by Crippen LogP contribution is -2.27. The third-order valence-corrected chi connectivity index (χ3v) is 5.11. The highest BCUT2D eigenvalue weighted by Crippen LogP contribution is 2.56. The van der Waals surface area contributed by atoms with E-state index in [1.807, 2.05) is 20.8 Å². The Morgan fingerprint density at radius 1 is 1.32 bits per heavy atom. The van der Waals surface area contributed by atoms with E-state index in [1.54, 1.807) is 0 Å². The minimum Gasteiger partial charge on any atom is -0.465 e. The number of esters is 1. The van der Waals surface area contributed by atoms with Gasteiger partial charge in [0, 0.05) is 11.8 Å². The van der Waals surface area contributed by atoms with Crippen LogP contribution in [0.3, 0.4) is 0 Å². The van der Waals surface area contributed by atoms with Gasteiger partial charge >= 0.3 is 5.97 Å². The SMILES string of the molecule is CCC(C)C(=O)OCCC1(C)C2CCC1C(=O)C2=O. The molecule has 2 saturated carbocycles. The van der Waals surface area contributed by atoms with Crippen LogP contribution in [-0.4, -0.2) is 24.1 Å². The number of ether oxygens (including phenoxy) is 1. The fraction of sp³-hybridized carbons (Fsp3) is 0.800. The molecular formula is C15H22O4. The van der Waals surface area contributed by atoms with Gasteiger partial charge in [0.05, 0.1) is 12.5 Å². The van der Waals surface area contributed by atoms with Crippen LogP contribution < -0.4 is 0 Å². The van der Waals surface area contributed by atoms with Crippen LogP contribution in [0.15, 0.2) is 0 Å². The summed E-state index contributed by atoms with van der Waals surface area (Å²) in [4.78, 5) is 35.2. The average Bonchev–Trinajstić information content (AvgIpc) is 2.80. The predicted molar refractivity (Wildman–Crippen MR) is 69.4 cm³/mol. The second kappa shape index (κ2) is 5.06. The zero-order valence-corrected chi connectivity index (χ0v) is 11.9. The van der Waals surface area contributed by atoms with Crippen LogP contribution in [0.25, 0.3) is 0 Å². The molecule has 0 aromatic rings. The van der Waals surface area contributed by atoms with Gasteiger partial charge in [0.25, 0.3) is 0 Å². The molecule has 4 nitrogen and oxygen atoms in total. The van der Waals surface area contributed by atoms with Gasteiger partial charge < -0.3 is 4.74 Å². The number of hydrogen-bond donors (Lipinski definition) is 0. The first-order chi connectivity index (χ1) is 8.91. The van der Waals surface area contributed by atoms with E-state index in [1.165, 1.54) is 0 Å². The van der Waals surface area contributed by atoms with Crippen molar-refractivity contribution in [1.29, 1.82) is 0 Å². The van der Waals surface area contributed by atoms with Crippen LogP contribution in [0.2, 0.25) is 0 Å². The Morgan fingerprint density at radius 2 is 1.84 bits per heavy atom. The monoisotopic (exact) mass is 266 g/mol. The Balaban J connectivity index is 1.92. The molecule has 0 aromatic carbocycles. The molecule has 2 bridgehead atoms. The second-order valence-electron chi connectivity index (χ2n) is 6.14. The molecule has 2 rings (SSSR count). The Hall–Kier alpha value is -1.19. The summed E-state index contributed by atoms with van der Waals surface area (Å²) in [6.45, 7) is 6.10. The number of hydrogen-bond acceptors (Lipinski definition) is 4. The highest BCUT2D eigenvalue weighted by atomic mass is 16.5. The normalized spacial score (nSPS) is 34.7. The maximum atomic E-state index is 11.8. The lowest BCUT2D eigenvalue weighted by atomic mass is 9.77. The van der Waals surface area contributed by atoms with E-state index in [0.717, 1.165) is 19.3 Å². The fourth-order valence-corrected chi connectivity index (χ4v) is 3.47. The van der Waals surface area contributed by atoms with Crippen LogP contribution in [-0.2, 0) is 19.1 Å². The number of carbonyl (C=O) groups is 3. The molecule has 0 aliphatic heterocycles.